The fourth-order valence-corrected chi connectivity index (χ4v) is 2.77. The zero-order chi connectivity index (χ0) is 15.5. The van der Waals surface area contributed by atoms with Gasteiger partial charge in [-0.05, 0) is 19.1 Å². The van der Waals surface area contributed by atoms with Crippen molar-refractivity contribution in [1.82, 2.24) is 15.0 Å². The van der Waals surface area contributed by atoms with Crippen molar-refractivity contribution in [3.63, 3.8) is 0 Å². The predicted molar refractivity (Wildman–Crippen MR) is 83.0 cm³/mol. The lowest BCUT2D eigenvalue weighted by atomic mass is 10.1. The third-order valence-corrected chi connectivity index (χ3v) is 4.01. The first-order chi connectivity index (χ1) is 10.7. The van der Waals surface area contributed by atoms with Gasteiger partial charge in [0.25, 0.3) is 5.91 Å². The highest BCUT2D eigenvalue weighted by atomic mass is 16.5. The van der Waals surface area contributed by atoms with Crippen molar-refractivity contribution in [3.8, 4) is 0 Å². The third kappa shape index (κ3) is 2.68. The van der Waals surface area contributed by atoms with E-state index in [0.29, 0.717) is 36.5 Å². The number of nitrogens with zero attached hydrogens (tertiary/aromatic N) is 4. The fourth-order valence-electron chi connectivity index (χ4n) is 2.77. The Labute approximate surface area is 129 Å². The summed E-state index contributed by atoms with van der Waals surface area (Å²) in [6.45, 7) is 6.73. The van der Waals surface area contributed by atoms with E-state index in [9.17, 15) is 4.79 Å². The quantitative estimate of drug-likeness (QED) is 0.866. The SMILES string of the molecule is CCc1onc(C)c1C(=O)N1CCN(c2ccccn2)CC1. The third-order valence-electron chi connectivity index (χ3n) is 4.01. The average Bonchev–Trinajstić information content (AvgIpc) is 2.96. The van der Waals surface area contributed by atoms with E-state index in [-0.39, 0.29) is 5.91 Å². The van der Waals surface area contributed by atoms with Gasteiger partial charge in [-0.25, -0.2) is 4.98 Å². The van der Waals surface area contributed by atoms with Crippen molar-refractivity contribution >= 4 is 11.7 Å². The van der Waals surface area contributed by atoms with Gasteiger partial charge in [-0.15, -0.1) is 0 Å². The van der Waals surface area contributed by atoms with Crippen molar-refractivity contribution in [2.45, 2.75) is 20.3 Å². The molecule has 22 heavy (non-hydrogen) atoms. The highest BCUT2D eigenvalue weighted by Gasteiger charge is 2.27. The Morgan fingerprint density at radius 3 is 2.68 bits per heavy atom. The summed E-state index contributed by atoms with van der Waals surface area (Å²) in [4.78, 5) is 21.1. The van der Waals surface area contributed by atoms with Crippen molar-refractivity contribution < 1.29 is 9.32 Å². The molecule has 3 rings (SSSR count). The second-order valence-electron chi connectivity index (χ2n) is 5.39. The van der Waals surface area contributed by atoms with E-state index in [2.05, 4.69) is 15.0 Å². The van der Waals surface area contributed by atoms with E-state index in [1.165, 1.54) is 0 Å². The molecule has 0 saturated carbocycles. The molecular formula is C16H20N4O2. The zero-order valence-electron chi connectivity index (χ0n) is 13.0. The summed E-state index contributed by atoms with van der Waals surface area (Å²) in [5.74, 6) is 1.66. The van der Waals surface area contributed by atoms with Gasteiger partial charge in [0.05, 0.1) is 5.69 Å². The largest absolute Gasteiger partial charge is 0.360 e. The van der Waals surface area contributed by atoms with Gasteiger partial charge in [0, 0.05) is 38.8 Å². The molecule has 2 aromatic heterocycles. The van der Waals surface area contributed by atoms with E-state index in [4.69, 9.17) is 4.52 Å². The predicted octanol–water partition coefficient (Wildman–Crippen LogP) is 1.90. The van der Waals surface area contributed by atoms with Gasteiger partial charge in [-0.1, -0.05) is 18.1 Å². The minimum absolute atomic E-state index is 0.0243. The average molecular weight is 300 g/mol. The lowest BCUT2D eigenvalue weighted by Gasteiger charge is -2.35. The highest BCUT2D eigenvalue weighted by Crippen LogP contribution is 2.19. The summed E-state index contributed by atoms with van der Waals surface area (Å²) in [6.07, 6.45) is 2.47. The molecule has 0 aliphatic carbocycles. The molecule has 6 nitrogen and oxygen atoms in total. The Hall–Kier alpha value is -2.37. The first-order valence-electron chi connectivity index (χ1n) is 7.61. The van der Waals surface area contributed by atoms with Crippen LogP contribution in [-0.2, 0) is 6.42 Å². The van der Waals surface area contributed by atoms with Gasteiger partial charge in [0.1, 0.15) is 17.1 Å². The number of rotatable bonds is 3. The molecule has 1 amide bonds. The monoisotopic (exact) mass is 300 g/mol. The molecule has 6 heteroatoms. The molecule has 0 spiro atoms. The molecule has 0 radical (unpaired) electrons. The summed E-state index contributed by atoms with van der Waals surface area (Å²) < 4.78 is 5.23. The van der Waals surface area contributed by atoms with Crippen LogP contribution in [0.1, 0.15) is 28.7 Å². The number of amides is 1. The Kier molecular flexibility index (Phi) is 4.09. The van der Waals surface area contributed by atoms with E-state index in [0.717, 1.165) is 18.9 Å². The van der Waals surface area contributed by atoms with Crippen molar-refractivity contribution in [1.29, 1.82) is 0 Å². The van der Waals surface area contributed by atoms with Crippen LogP contribution in [0.25, 0.3) is 0 Å². The second-order valence-corrected chi connectivity index (χ2v) is 5.39. The van der Waals surface area contributed by atoms with Gasteiger partial charge in [0.15, 0.2) is 0 Å². The molecule has 0 atom stereocenters. The first-order valence-corrected chi connectivity index (χ1v) is 7.61. The van der Waals surface area contributed by atoms with Gasteiger partial charge < -0.3 is 14.3 Å². The maximum atomic E-state index is 12.7. The molecule has 0 N–H and O–H groups in total. The Bertz CT molecular complexity index is 645. The highest BCUT2D eigenvalue weighted by molar-refractivity contribution is 5.96. The lowest BCUT2D eigenvalue weighted by molar-refractivity contribution is 0.0743. The van der Waals surface area contributed by atoms with Crippen molar-refractivity contribution in [3.05, 3.63) is 41.4 Å². The lowest BCUT2D eigenvalue weighted by Crippen LogP contribution is -2.49. The fraction of sp³-hybridized carbons (Fsp3) is 0.438. The van der Waals surface area contributed by atoms with Gasteiger partial charge in [-0.3, -0.25) is 4.79 Å². The summed E-state index contributed by atoms with van der Waals surface area (Å²) in [6, 6.07) is 5.88. The van der Waals surface area contributed by atoms with E-state index >= 15 is 0 Å². The molecule has 1 aliphatic rings. The Balaban J connectivity index is 1.69. The van der Waals surface area contributed by atoms with Gasteiger partial charge >= 0.3 is 0 Å². The molecule has 1 fully saturated rings. The Morgan fingerprint density at radius 1 is 1.27 bits per heavy atom. The van der Waals surface area contributed by atoms with E-state index in [1.54, 1.807) is 6.20 Å². The minimum Gasteiger partial charge on any atom is -0.360 e. The molecule has 0 aromatic carbocycles. The van der Waals surface area contributed by atoms with Crippen molar-refractivity contribution in [2.24, 2.45) is 0 Å². The van der Waals surface area contributed by atoms with Crippen LogP contribution in [0.2, 0.25) is 0 Å². The molecule has 3 heterocycles. The molecular weight excluding hydrogens is 280 g/mol. The number of piperazine rings is 1. The van der Waals surface area contributed by atoms with Crippen LogP contribution in [0.15, 0.2) is 28.9 Å². The summed E-state index contributed by atoms with van der Waals surface area (Å²) in [5.41, 5.74) is 1.31. The van der Waals surface area contributed by atoms with Gasteiger partial charge in [0.2, 0.25) is 0 Å². The topological polar surface area (TPSA) is 62.5 Å². The van der Waals surface area contributed by atoms with E-state index in [1.807, 2.05) is 36.9 Å². The van der Waals surface area contributed by atoms with Gasteiger partial charge in [-0.2, -0.15) is 0 Å². The number of carbonyl (C=O) groups excluding carboxylic acids is 1. The summed E-state index contributed by atoms with van der Waals surface area (Å²) >= 11 is 0. The summed E-state index contributed by atoms with van der Waals surface area (Å²) in [7, 11) is 0. The molecule has 0 unspecified atom stereocenters. The van der Waals surface area contributed by atoms with Crippen LogP contribution in [0, 0.1) is 6.92 Å². The van der Waals surface area contributed by atoms with Crippen LogP contribution in [0.5, 0.6) is 0 Å². The normalized spacial score (nSPS) is 15.2. The maximum Gasteiger partial charge on any atom is 0.259 e. The molecule has 1 aliphatic heterocycles. The molecule has 116 valence electrons. The molecule has 1 saturated heterocycles. The number of aromatic nitrogens is 2. The molecule has 2 aromatic rings. The number of pyridine rings is 1. The standard InChI is InChI=1S/C16H20N4O2/c1-3-13-15(12(2)18-22-13)16(21)20-10-8-19(9-11-20)14-6-4-5-7-17-14/h4-7H,3,8-11H2,1-2H3. The second kappa shape index (κ2) is 6.17. The number of aryl methyl sites for hydroxylation is 2. The summed E-state index contributed by atoms with van der Waals surface area (Å²) in [5, 5.41) is 3.92. The van der Waals surface area contributed by atoms with Crippen LogP contribution < -0.4 is 4.90 Å². The molecule has 0 bridgehead atoms. The minimum atomic E-state index is 0.0243. The number of hydrogen-bond donors (Lipinski definition) is 0. The van der Waals surface area contributed by atoms with Crippen LogP contribution >= 0.6 is 0 Å². The number of anilines is 1. The van der Waals surface area contributed by atoms with Crippen LogP contribution in [0.4, 0.5) is 5.82 Å². The van der Waals surface area contributed by atoms with Crippen molar-refractivity contribution in [2.75, 3.05) is 31.1 Å². The van der Waals surface area contributed by atoms with Crippen LogP contribution in [-0.4, -0.2) is 47.1 Å². The number of hydrogen-bond acceptors (Lipinski definition) is 5. The zero-order valence-corrected chi connectivity index (χ0v) is 13.0. The first kappa shape index (κ1) is 14.6. The maximum absolute atomic E-state index is 12.7. The van der Waals surface area contributed by atoms with Crippen LogP contribution in [0.3, 0.4) is 0 Å². The smallest absolute Gasteiger partial charge is 0.259 e. The number of carbonyl (C=O) groups is 1. The van der Waals surface area contributed by atoms with E-state index < -0.39 is 0 Å². The Morgan fingerprint density at radius 2 is 2.05 bits per heavy atom.